The molecule has 3 rings (SSSR count). The van der Waals surface area contributed by atoms with Crippen molar-refractivity contribution in [2.24, 2.45) is 0 Å². The van der Waals surface area contributed by atoms with Gasteiger partial charge in [-0.3, -0.25) is 0 Å². The molecule has 2 aliphatic rings. The smallest absolute Gasteiger partial charge is 0.0697 e. The molecule has 1 aromatic rings. The van der Waals surface area contributed by atoms with Gasteiger partial charge in [0.05, 0.1) is 5.60 Å². The molecule has 1 unspecified atom stereocenters. The molecule has 2 fully saturated rings. The first-order chi connectivity index (χ1) is 10.2. The van der Waals surface area contributed by atoms with E-state index in [4.69, 9.17) is 16.3 Å². The second-order valence-electron chi connectivity index (χ2n) is 6.72. The Bertz CT molecular complexity index is 447. The maximum Gasteiger partial charge on any atom is 0.0697 e. The van der Waals surface area contributed by atoms with Crippen LogP contribution in [0, 0.1) is 0 Å². The third-order valence-corrected chi connectivity index (χ3v) is 5.37. The van der Waals surface area contributed by atoms with Crippen molar-refractivity contribution in [3.63, 3.8) is 0 Å². The van der Waals surface area contributed by atoms with Crippen molar-refractivity contribution in [2.75, 3.05) is 6.61 Å². The third kappa shape index (κ3) is 3.80. The van der Waals surface area contributed by atoms with Gasteiger partial charge >= 0.3 is 0 Å². The Morgan fingerprint density at radius 3 is 2.62 bits per heavy atom. The first-order valence-electron chi connectivity index (χ1n) is 8.32. The normalized spacial score (nSPS) is 26.7. The standard InChI is InChI=1S/C18H26ClNO/c1-14(15-5-7-16(19)8-6-15)20-17-9-12-21-18(13-17)10-3-2-4-11-18/h5-8,14,17,20H,2-4,9-13H2,1H3/t14-,17?/m1/s1. The highest BCUT2D eigenvalue weighted by atomic mass is 35.5. The van der Waals surface area contributed by atoms with Crippen LogP contribution in [0.15, 0.2) is 24.3 Å². The molecule has 1 heterocycles. The molecule has 1 aliphatic carbocycles. The fourth-order valence-corrected chi connectivity index (χ4v) is 4.04. The Labute approximate surface area is 133 Å². The van der Waals surface area contributed by atoms with Gasteiger partial charge in [0.1, 0.15) is 0 Å². The van der Waals surface area contributed by atoms with Crippen LogP contribution in [0.3, 0.4) is 0 Å². The first-order valence-corrected chi connectivity index (χ1v) is 8.70. The monoisotopic (exact) mass is 307 g/mol. The van der Waals surface area contributed by atoms with Crippen LogP contribution in [-0.4, -0.2) is 18.2 Å². The summed E-state index contributed by atoms with van der Waals surface area (Å²) in [5, 5.41) is 4.61. The van der Waals surface area contributed by atoms with E-state index in [1.807, 2.05) is 12.1 Å². The maximum absolute atomic E-state index is 6.18. The van der Waals surface area contributed by atoms with Crippen LogP contribution in [0.2, 0.25) is 5.02 Å². The lowest BCUT2D eigenvalue weighted by Crippen LogP contribution is -2.48. The summed E-state index contributed by atoms with van der Waals surface area (Å²) in [4.78, 5) is 0. The van der Waals surface area contributed by atoms with Crippen molar-refractivity contribution in [3.8, 4) is 0 Å². The molecule has 0 bridgehead atoms. The number of hydrogen-bond donors (Lipinski definition) is 1. The van der Waals surface area contributed by atoms with E-state index in [2.05, 4.69) is 24.4 Å². The number of rotatable bonds is 3. The molecule has 1 aromatic carbocycles. The van der Waals surface area contributed by atoms with Crippen LogP contribution in [0.1, 0.15) is 63.5 Å². The van der Waals surface area contributed by atoms with E-state index in [1.54, 1.807) is 0 Å². The van der Waals surface area contributed by atoms with Crippen LogP contribution < -0.4 is 5.32 Å². The minimum absolute atomic E-state index is 0.174. The van der Waals surface area contributed by atoms with Gasteiger partial charge < -0.3 is 10.1 Å². The average molecular weight is 308 g/mol. The second-order valence-corrected chi connectivity index (χ2v) is 7.16. The molecule has 21 heavy (non-hydrogen) atoms. The molecule has 0 radical (unpaired) electrons. The second kappa shape index (κ2) is 6.68. The van der Waals surface area contributed by atoms with Crippen LogP contribution in [0.4, 0.5) is 0 Å². The molecule has 1 saturated carbocycles. The molecule has 1 aliphatic heterocycles. The molecular formula is C18H26ClNO. The van der Waals surface area contributed by atoms with Gasteiger partial charge in [0, 0.05) is 23.7 Å². The minimum atomic E-state index is 0.174. The fourth-order valence-electron chi connectivity index (χ4n) is 3.92. The summed E-state index contributed by atoms with van der Waals surface area (Å²) in [6.07, 6.45) is 8.84. The zero-order valence-electron chi connectivity index (χ0n) is 12.9. The van der Waals surface area contributed by atoms with Gasteiger partial charge in [-0.15, -0.1) is 0 Å². The molecule has 1 saturated heterocycles. The molecule has 0 amide bonds. The van der Waals surface area contributed by atoms with Crippen molar-refractivity contribution < 1.29 is 4.74 Å². The quantitative estimate of drug-likeness (QED) is 0.860. The third-order valence-electron chi connectivity index (χ3n) is 5.11. The number of ether oxygens (including phenoxy) is 1. The van der Waals surface area contributed by atoms with Gasteiger partial charge in [-0.2, -0.15) is 0 Å². The van der Waals surface area contributed by atoms with Gasteiger partial charge in [-0.25, -0.2) is 0 Å². The number of benzene rings is 1. The van der Waals surface area contributed by atoms with Crippen LogP contribution >= 0.6 is 11.6 Å². The molecule has 3 heteroatoms. The highest BCUT2D eigenvalue weighted by Crippen LogP contribution is 2.39. The van der Waals surface area contributed by atoms with Crippen molar-refractivity contribution in [1.82, 2.24) is 5.32 Å². The predicted molar refractivity (Wildman–Crippen MR) is 87.8 cm³/mol. The molecule has 1 N–H and O–H groups in total. The Morgan fingerprint density at radius 2 is 1.90 bits per heavy atom. The van der Waals surface area contributed by atoms with E-state index in [1.165, 1.54) is 44.1 Å². The van der Waals surface area contributed by atoms with Crippen LogP contribution in [-0.2, 0) is 4.74 Å². The lowest BCUT2D eigenvalue weighted by atomic mass is 9.78. The van der Waals surface area contributed by atoms with Crippen molar-refractivity contribution >= 4 is 11.6 Å². The Balaban J connectivity index is 1.60. The van der Waals surface area contributed by atoms with E-state index >= 15 is 0 Å². The van der Waals surface area contributed by atoms with E-state index in [-0.39, 0.29) is 5.60 Å². The zero-order valence-corrected chi connectivity index (χ0v) is 13.7. The SMILES string of the molecule is C[C@@H](NC1CCOC2(CCCCC2)C1)c1ccc(Cl)cc1. The average Bonchev–Trinajstić information content (AvgIpc) is 2.49. The number of nitrogens with one attached hydrogen (secondary N) is 1. The van der Waals surface area contributed by atoms with Crippen LogP contribution in [0.25, 0.3) is 0 Å². The number of halogens is 1. The van der Waals surface area contributed by atoms with E-state index in [0.717, 1.165) is 18.1 Å². The summed E-state index contributed by atoms with van der Waals surface area (Å²) in [6.45, 7) is 3.15. The van der Waals surface area contributed by atoms with Gasteiger partial charge in [-0.1, -0.05) is 43.0 Å². The molecule has 2 nitrogen and oxygen atoms in total. The minimum Gasteiger partial charge on any atom is -0.375 e. The predicted octanol–water partition coefficient (Wildman–Crippen LogP) is 4.87. The highest BCUT2D eigenvalue weighted by molar-refractivity contribution is 6.30. The summed E-state index contributed by atoms with van der Waals surface area (Å²) in [7, 11) is 0. The largest absolute Gasteiger partial charge is 0.375 e. The van der Waals surface area contributed by atoms with Gasteiger partial charge in [-0.05, 0) is 50.3 Å². The van der Waals surface area contributed by atoms with Gasteiger partial charge in [0.25, 0.3) is 0 Å². The van der Waals surface area contributed by atoms with E-state index in [0.29, 0.717) is 12.1 Å². The summed E-state index contributed by atoms with van der Waals surface area (Å²) in [5.41, 5.74) is 1.48. The Morgan fingerprint density at radius 1 is 1.19 bits per heavy atom. The molecular weight excluding hydrogens is 282 g/mol. The van der Waals surface area contributed by atoms with Crippen molar-refractivity contribution in [2.45, 2.75) is 69.6 Å². The Hall–Kier alpha value is -0.570. The zero-order chi connectivity index (χ0) is 14.7. The first kappa shape index (κ1) is 15.3. The lowest BCUT2D eigenvalue weighted by molar-refractivity contribution is -0.110. The molecule has 1 spiro atoms. The lowest BCUT2D eigenvalue weighted by Gasteiger charge is -2.44. The summed E-state index contributed by atoms with van der Waals surface area (Å²) in [5.74, 6) is 0. The summed E-state index contributed by atoms with van der Waals surface area (Å²) >= 11 is 5.97. The van der Waals surface area contributed by atoms with E-state index in [9.17, 15) is 0 Å². The van der Waals surface area contributed by atoms with Gasteiger partial charge in [0.15, 0.2) is 0 Å². The number of hydrogen-bond acceptors (Lipinski definition) is 2. The summed E-state index contributed by atoms with van der Waals surface area (Å²) in [6, 6.07) is 9.13. The molecule has 116 valence electrons. The molecule has 2 atom stereocenters. The van der Waals surface area contributed by atoms with Crippen LogP contribution in [0.5, 0.6) is 0 Å². The Kier molecular flexibility index (Phi) is 4.88. The topological polar surface area (TPSA) is 21.3 Å². The van der Waals surface area contributed by atoms with Crippen molar-refractivity contribution in [3.05, 3.63) is 34.9 Å². The highest BCUT2D eigenvalue weighted by Gasteiger charge is 2.38. The molecule has 0 aromatic heterocycles. The maximum atomic E-state index is 6.18. The summed E-state index contributed by atoms with van der Waals surface area (Å²) < 4.78 is 6.18. The van der Waals surface area contributed by atoms with Crippen molar-refractivity contribution in [1.29, 1.82) is 0 Å². The van der Waals surface area contributed by atoms with E-state index < -0.39 is 0 Å². The van der Waals surface area contributed by atoms with Gasteiger partial charge in [0.2, 0.25) is 0 Å². The fraction of sp³-hybridized carbons (Fsp3) is 0.667.